The molecule has 0 atom stereocenters. The third kappa shape index (κ3) is 3.32. The molecule has 1 rings (SSSR count). The number of rotatable bonds is 5. The second kappa shape index (κ2) is 6.19. The van der Waals surface area contributed by atoms with Crippen molar-refractivity contribution in [2.45, 2.75) is 26.7 Å². The number of carbonyl (C=O) groups is 2. The van der Waals surface area contributed by atoms with Gasteiger partial charge in [-0.25, -0.2) is 4.79 Å². The van der Waals surface area contributed by atoms with Crippen molar-refractivity contribution >= 4 is 11.8 Å². The molecule has 4 nitrogen and oxygen atoms in total. The van der Waals surface area contributed by atoms with Gasteiger partial charge in [0.1, 0.15) is 5.75 Å². The molecule has 0 aliphatic heterocycles. The average molecular weight is 250 g/mol. The van der Waals surface area contributed by atoms with E-state index in [1.54, 1.807) is 19.1 Å². The van der Waals surface area contributed by atoms with Crippen LogP contribution in [-0.4, -0.2) is 25.5 Å². The predicted octanol–water partition coefficient (Wildman–Crippen LogP) is 2.56. The van der Waals surface area contributed by atoms with Gasteiger partial charge in [0, 0.05) is 5.56 Å². The fourth-order valence-corrected chi connectivity index (χ4v) is 1.52. The zero-order valence-corrected chi connectivity index (χ0v) is 11.1. The van der Waals surface area contributed by atoms with Crippen molar-refractivity contribution in [1.82, 2.24) is 0 Å². The lowest BCUT2D eigenvalue weighted by atomic mass is 9.98. The lowest BCUT2D eigenvalue weighted by Gasteiger charge is -2.10. The first-order valence-electron chi connectivity index (χ1n) is 5.90. The lowest BCUT2D eigenvalue weighted by molar-refractivity contribution is -0.137. The van der Waals surface area contributed by atoms with E-state index in [4.69, 9.17) is 9.47 Å². The molecule has 0 aromatic heterocycles. The van der Waals surface area contributed by atoms with E-state index < -0.39 is 11.8 Å². The average Bonchev–Trinajstić information content (AvgIpc) is 2.37. The van der Waals surface area contributed by atoms with Crippen LogP contribution in [0.15, 0.2) is 18.2 Å². The van der Waals surface area contributed by atoms with Crippen molar-refractivity contribution < 1.29 is 19.1 Å². The Morgan fingerprint density at radius 2 is 1.89 bits per heavy atom. The topological polar surface area (TPSA) is 52.6 Å². The summed E-state index contributed by atoms with van der Waals surface area (Å²) >= 11 is 0. The summed E-state index contributed by atoms with van der Waals surface area (Å²) in [4.78, 5) is 23.3. The Kier molecular flexibility index (Phi) is 4.89. The standard InChI is InChI=1S/C14H18O4/c1-5-18-14(16)13(15)11-6-10(9(2)3)7-12(8-11)17-4/h6-9H,5H2,1-4H3. The van der Waals surface area contributed by atoms with Crippen molar-refractivity contribution in [2.24, 2.45) is 0 Å². The van der Waals surface area contributed by atoms with E-state index in [0.29, 0.717) is 11.3 Å². The molecule has 0 radical (unpaired) electrons. The minimum absolute atomic E-state index is 0.186. The summed E-state index contributed by atoms with van der Waals surface area (Å²) < 4.78 is 9.83. The quantitative estimate of drug-likeness (QED) is 0.458. The van der Waals surface area contributed by atoms with Gasteiger partial charge < -0.3 is 9.47 Å². The summed E-state index contributed by atoms with van der Waals surface area (Å²) in [6, 6.07) is 5.10. The zero-order chi connectivity index (χ0) is 13.7. The summed E-state index contributed by atoms with van der Waals surface area (Å²) in [5.74, 6) is -0.666. The van der Waals surface area contributed by atoms with Crippen LogP contribution in [0, 0.1) is 0 Å². The molecule has 0 unspecified atom stereocenters. The Hall–Kier alpha value is -1.84. The fourth-order valence-electron chi connectivity index (χ4n) is 1.52. The molecule has 0 aliphatic carbocycles. The maximum absolute atomic E-state index is 11.8. The van der Waals surface area contributed by atoms with Gasteiger partial charge in [0.05, 0.1) is 13.7 Å². The van der Waals surface area contributed by atoms with Gasteiger partial charge >= 0.3 is 5.97 Å². The second-order valence-electron chi connectivity index (χ2n) is 4.20. The normalized spacial score (nSPS) is 10.3. The number of methoxy groups -OCH3 is 1. The van der Waals surface area contributed by atoms with Gasteiger partial charge in [-0.15, -0.1) is 0 Å². The Balaban J connectivity index is 3.11. The number of benzene rings is 1. The molecule has 1 aromatic carbocycles. The molecule has 0 spiro atoms. The van der Waals surface area contributed by atoms with Crippen LogP contribution in [0.2, 0.25) is 0 Å². The summed E-state index contributed by atoms with van der Waals surface area (Å²) in [6.45, 7) is 5.86. The van der Waals surface area contributed by atoms with E-state index in [2.05, 4.69) is 0 Å². The van der Waals surface area contributed by atoms with Crippen molar-refractivity contribution in [1.29, 1.82) is 0 Å². The van der Waals surface area contributed by atoms with Crippen molar-refractivity contribution in [2.75, 3.05) is 13.7 Å². The molecule has 0 bridgehead atoms. The summed E-state index contributed by atoms with van der Waals surface area (Å²) in [5.41, 5.74) is 1.25. The van der Waals surface area contributed by atoms with E-state index in [9.17, 15) is 9.59 Å². The van der Waals surface area contributed by atoms with Gasteiger partial charge in [-0.1, -0.05) is 13.8 Å². The van der Waals surface area contributed by atoms with Gasteiger partial charge in [-0.2, -0.15) is 0 Å². The molecule has 98 valence electrons. The number of esters is 1. The maximum Gasteiger partial charge on any atom is 0.379 e. The fraction of sp³-hybridized carbons (Fsp3) is 0.429. The lowest BCUT2D eigenvalue weighted by Crippen LogP contribution is -2.17. The first-order valence-corrected chi connectivity index (χ1v) is 5.90. The number of carbonyl (C=O) groups excluding carboxylic acids is 2. The first-order chi connectivity index (χ1) is 8.49. The molecule has 1 aromatic rings. The highest BCUT2D eigenvalue weighted by Gasteiger charge is 2.19. The number of ether oxygens (including phenoxy) is 2. The summed E-state index contributed by atoms with van der Waals surface area (Å²) in [7, 11) is 1.53. The highest BCUT2D eigenvalue weighted by atomic mass is 16.5. The monoisotopic (exact) mass is 250 g/mol. The second-order valence-corrected chi connectivity index (χ2v) is 4.20. The van der Waals surface area contributed by atoms with E-state index in [1.165, 1.54) is 7.11 Å². The van der Waals surface area contributed by atoms with Crippen LogP contribution in [0.1, 0.15) is 42.6 Å². The Labute approximate surface area is 107 Å². The largest absolute Gasteiger partial charge is 0.497 e. The maximum atomic E-state index is 11.8. The first kappa shape index (κ1) is 14.2. The van der Waals surface area contributed by atoms with Crippen LogP contribution in [0.25, 0.3) is 0 Å². The smallest absolute Gasteiger partial charge is 0.379 e. The van der Waals surface area contributed by atoms with Crippen LogP contribution in [0.5, 0.6) is 5.75 Å². The van der Waals surface area contributed by atoms with Gasteiger partial charge in [0.25, 0.3) is 5.78 Å². The predicted molar refractivity (Wildman–Crippen MR) is 68.0 cm³/mol. The summed E-state index contributed by atoms with van der Waals surface area (Å²) in [5, 5.41) is 0. The molecular formula is C14H18O4. The Bertz CT molecular complexity index is 449. The molecular weight excluding hydrogens is 232 g/mol. The Morgan fingerprint density at radius 1 is 1.22 bits per heavy atom. The number of Topliss-reactive ketones (excluding diaryl/α,β-unsaturated/α-hetero) is 1. The van der Waals surface area contributed by atoms with Gasteiger partial charge in [0.2, 0.25) is 0 Å². The SMILES string of the molecule is CCOC(=O)C(=O)c1cc(OC)cc(C(C)C)c1. The number of hydrogen-bond donors (Lipinski definition) is 0. The number of hydrogen-bond acceptors (Lipinski definition) is 4. The number of ketones is 1. The molecule has 0 aliphatic rings. The van der Waals surface area contributed by atoms with E-state index in [-0.39, 0.29) is 12.5 Å². The zero-order valence-electron chi connectivity index (χ0n) is 11.1. The summed E-state index contributed by atoms with van der Waals surface area (Å²) in [6.07, 6.45) is 0. The molecule has 0 saturated carbocycles. The molecule has 0 amide bonds. The molecule has 0 N–H and O–H groups in total. The molecule has 4 heteroatoms. The van der Waals surface area contributed by atoms with Gasteiger partial charge in [-0.05, 0) is 36.6 Å². The Morgan fingerprint density at radius 3 is 2.39 bits per heavy atom. The van der Waals surface area contributed by atoms with E-state index in [0.717, 1.165) is 5.56 Å². The third-order valence-corrected chi connectivity index (χ3v) is 2.55. The van der Waals surface area contributed by atoms with Crippen LogP contribution >= 0.6 is 0 Å². The minimum atomic E-state index is -0.833. The molecule has 18 heavy (non-hydrogen) atoms. The molecule has 0 saturated heterocycles. The van der Waals surface area contributed by atoms with Crippen LogP contribution < -0.4 is 4.74 Å². The van der Waals surface area contributed by atoms with Crippen molar-refractivity contribution in [3.05, 3.63) is 29.3 Å². The van der Waals surface area contributed by atoms with Gasteiger partial charge in [0.15, 0.2) is 0 Å². The van der Waals surface area contributed by atoms with Crippen LogP contribution in [-0.2, 0) is 9.53 Å². The van der Waals surface area contributed by atoms with E-state index >= 15 is 0 Å². The van der Waals surface area contributed by atoms with Gasteiger partial charge in [-0.3, -0.25) is 4.79 Å². The highest BCUT2D eigenvalue weighted by molar-refractivity contribution is 6.40. The highest BCUT2D eigenvalue weighted by Crippen LogP contribution is 2.23. The van der Waals surface area contributed by atoms with Crippen molar-refractivity contribution in [3.8, 4) is 5.75 Å². The van der Waals surface area contributed by atoms with Crippen molar-refractivity contribution in [3.63, 3.8) is 0 Å². The van der Waals surface area contributed by atoms with Crippen LogP contribution in [0.4, 0.5) is 0 Å². The minimum Gasteiger partial charge on any atom is -0.497 e. The van der Waals surface area contributed by atoms with E-state index in [1.807, 2.05) is 19.9 Å². The molecule has 0 heterocycles. The van der Waals surface area contributed by atoms with Crippen LogP contribution in [0.3, 0.4) is 0 Å². The third-order valence-electron chi connectivity index (χ3n) is 2.55. The molecule has 0 fully saturated rings.